The van der Waals surface area contributed by atoms with Crippen LogP contribution in [-0.2, 0) is 0 Å². The quantitative estimate of drug-likeness (QED) is 0.634. The van der Waals surface area contributed by atoms with E-state index in [0.717, 1.165) is 0 Å². The number of hydrogen-bond acceptors (Lipinski definition) is 2. The van der Waals surface area contributed by atoms with Gasteiger partial charge in [0.05, 0.1) is 0 Å². The predicted molar refractivity (Wildman–Crippen MR) is 37.5 cm³/mol. The molecule has 0 saturated heterocycles. The van der Waals surface area contributed by atoms with E-state index in [1.165, 1.54) is 0 Å². The minimum absolute atomic E-state index is 0.461. The van der Waals surface area contributed by atoms with Crippen LogP contribution in [0, 0.1) is 0 Å². The van der Waals surface area contributed by atoms with Crippen LogP contribution in [0.3, 0.4) is 0 Å². The van der Waals surface area contributed by atoms with E-state index in [0.29, 0.717) is 11.4 Å². The number of rotatable bonds is 2. The molecular formula is C7H8FNO. The molecule has 0 aliphatic carbocycles. The number of nitrogens with two attached hydrogens (primary N) is 1. The van der Waals surface area contributed by atoms with Gasteiger partial charge in [-0.25, -0.2) is 4.39 Å². The molecule has 54 valence electrons. The summed E-state index contributed by atoms with van der Waals surface area (Å²) in [6.45, 7) is -0.816. The first-order valence-corrected chi connectivity index (χ1v) is 2.87. The fourth-order valence-electron chi connectivity index (χ4n) is 0.667. The molecule has 3 heteroatoms. The van der Waals surface area contributed by atoms with Crippen molar-refractivity contribution in [1.29, 1.82) is 0 Å². The second-order valence-electron chi connectivity index (χ2n) is 1.83. The van der Waals surface area contributed by atoms with Crippen molar-refractivity contribution in [1.82, 2.24) is 0 Å². The van der Waals surface area contributed by atoms with Crippen molar-refractivity contribution in [2.75, 3.05) is 12.6 Å². The Morgan fingerprint density at radius 1 is 1.50 bits per heavy atom. The van der Waals surface area contributed by atoms with E-state index in [2.05, 4.69) is 4.74 Å². The second-order valence-corrected chi connectivity index (χ2v) is 1.83. The largest absolute Gasteiger partial charge is 0.463 e. The molecule has 0 fully saturated rings. The van der Waals surface area contributed by atoms with Gasteiger partial charge >= 0.3 is 0 Å². The number of halogens is 1. The standard InChI is InChI=1S/C7H8FNO/c8-5-10-7-3-1-2-6(9)4-7/h1-4H,5,9H2. The lowest BCUT2D eigenvalue weighted by Crippen LogP contribution is -1.91. The third-order valence-corrected chi connectivity index (χ3v) is 1.08. The van der Waals surface area contributed by atoms with Crippen molar-refractivity contribution in [2.24, 2.45) is 0 Å². The molecule has 1 aromatic carbocycles. The summed E-state index contributed by atoms with van der Waals surface area (Å²) in [5.74, 6) is 0.461. The normalized spacial score (nSPS) is 9.30. The number of nitrogen functional groups attached to an aromatic ring is 1. The van der Waals surface area contributed by atoms with E-state index in [9.17, 15) is 4.39 Å². The maximum atomic E-state index is 11.5. The van der Waals surface area contributed by atoms with Crippen LogP contribution in [0.5, 0.6) is 5.75 Å². The van der Waals surface area contributed by atoms with E-state index >= 15 is 0 Å². The summed E-state index contributed by atoms with van der Waals surface area (Å²) in [6, 6.07) is 6.64. The summed E-state index contributed by atoms with van der Waals surface area (Å²) in [4.78, 5) is 0. The summed E-state index contributed by atoms with van der Waals surface area (Å²) in [7, 11) is 0. The lowest BCUT2D eigenvalue weighted by atomic mass is 10.3. The van der Waals surface area contributed by atoms with Gasteiger partial charge in [-0.15, -0.1) is 0 Å². The van der Waals surface area contributed by atoms with Crippen molar-refractivity contribution < 1.29 is 9.13 Å². The smallest absolute Gasteiger partial charge is 0.228 e. The van der Waals surface area contributed by atoms with Crippen molar-refractivity contribution in [3.05, 3.63) is 24.3 Å². The molecule has 0 atom stereocenters. The first-order valence-electron chi connectivity index (χ1n) is 2.87. The van der Waals surface area contributed by atoms with Crippen LogP contribution >= 0.6 is 0 Å². The summed E-state index contributed by atoms with van der Waals surface area (Å²) >= 11 is 0. The zero-order valence-corrected chi connectivity index (χ0v) is 5.38. The lowest BCUT2D eigenvalue weighted by Gasteiger charge is -1.99. The molecule has 0 radical (unpaired) electrons. The molecule has 1 rings (SSSR count). The van der Waals surface area contributed by atoms with Crippen LogP contribution in [0.25, 0.3) is 0 Å². The fourth-order valence-corrected chi connectivity index (χ4v) is 0.667. The van der Waals surface area contributed by atoms with Crippen LogP contribution in [0.1, 0.15) is 0 Å². The third kappa shape index (κ3) is 1.62. The number of benzene rings is 1. The molecule has 0 amide bonds. The Bertz CT molecular complexity index is 215. The highest BCUT2D eigenvalue weighted by molar-refractivity contribution is 5.43. The van der Waals surface area contributed by atoms with Crippen LogP contribution in [-0.4, -0.2) is 6.86 Å². The summed E-state index contributed by atoms with van der Waals surface area (Å²) < 4.78 is 16.1. The maximum absolute atomic E-state index is 11.5. The van der Waals surface area contributed by atoms with Crippen molar-refractivity contribution in [3.8, 4) is 5.75 Å². The van der Waals surface area contributed by atoms with E-state index in [1.54, 1.807) is 24.3 Å². The average Bonchev–Trinajstić information content (AvgIpc) is 1.88. The molecule has 0 saturated carbocycles. The molecule has 0 aliphatic rings. The molecular weight excluding hydrogens is 133 g/mol. The van der Waals surface area contributed by atoms with Gasteiger partial charge in [0.15, 0.2) is 0 Å². The van der Waals surface area contributed by atoms with Gasteiger partial charge in [-0.1, -0.05) is 6.07 Å². The first-order chi connectivity index (χ1) is 4.83. The minimum atomic E-state index is -0.816. The van der Waals surface area contributed by atoms with Crippen molar-refractivity contribution in [3.63, 3.8) is 0 Å². The van der Waals surface area contributed by atoms with Gasteiger partial charge in [-0.2, -0.15) is 0 Å². The molecule has 0 aromatic heterocycles. The Labute approximate surface area is 58.4 Å². The topological polar surface area (TPSA) is 35.2 Å². The van der Waals surface area contributed by atoms with E-state index in [1.807, 2.05) is 0 Å². The molecule has 1 aromatic rings. The Morgan fingerprint density at radius 3 is 2.90 bits per heavy atom. The number of hydrogen-bond donors (Lipinski definition) is 1. The Balaban J connectivity index is 2.75. The molecule has 0 aliphatic heterocycles. The molecule has 0 bridgehead atoms. The van der Waals surface area contributed by atoms with Crippen LogP contribution in [0.4, 0.5) is 10.1 Å². The van der Waals surface area contributed by atoms with Crippen LogP contribution in [0.15, 0.2) is 24.3 Å². The Hall–Kier alpha value is -1.25. The Morgan fingerprint density at radius 2 is 2.30 bits per heavy atom. The molecule has 0 heterocycles. The highest BCUT2D eigenvalue weighted by Crippen LogP contribution is 2.13. The number of anilines is 1. The highest BCUT2D eigenvalue weighted by Gasteiger charge is 1.90. The van der Waals surface area contributed by atoms with E-state index in [4.69, 9.17) is 5.73 Å². The predicted octanol–water partition coefficient (Wildman–Crippen LogP) is 1.57. The molecule has 2 nitrogen and oxygen atoms in total. The van der Waals surface area contributed by atoms with E-state index in [-0.39, 0.29) is 0 Å². The van der Waals surface area contributed by atoms with Crippen molar-refractivity contribution >= 4 is 5.69 Å². The first kappa shape index (κ1) is 6.86. The van der Waals surface area contributed by atoms with Crippen molar-refractivity contribution in [2.45, 2.75) is 0 Å². The molecule has 10 heavy (non-hydrogen) atoms. The average molecular weight is 141 g/mol. The maximum Gasteiger partial charge on any atom is 0.228 e. The highest BCUT2D eigenvalue weighted by atomic mass is 19.1. The molecule has 0 unspecified atom stereocenters. The zero-order valence-electron chi connectivity index (χ0n) is 5.38. The fraction of sp³-hybridized carbons (Fsp3) is 0.143. The van der Waals surface area contributed by atoms with E-state index < -0.39 is 6.86 Å². The number of ether oxygens (including phenoxy) is 1. The summed E-state index contributed by atoms with van der Waals surface area (Å²) in [5.41, 5.74) is 5.96. The Kier molecular flexibility index (Phi) is 2.10. The SMILES string of the molecule is Nc1cccc(OCF)c1. The van der Waals surface area contributed by atoms with Gasteiger partial charge in [0, 0.05) is 11.8 Å². The monoisotopic (exact) mass is 141 g/mol. The molecule has 2 N–H and O–H groups in total. The minimum Gasteiger partial charge on any atom is -0.463 e. The summed E-state index contributed by atoms with van der Waals surface area (Å²) in [5, 5.41) is 0. The second kappa shape index (κ2) is 3.06. The van der Waals surface area contributed by atoms with Gasteiger partial charge in [-0.05, 0) is 12.1 Å². The van der Waals surface area contributed by atoms with Gasteiger partial charge < -0.3 is 10.5 Å². The molecule has 0 spiro atoms. The lowest BCUT2D eigenvalue weighted by molar-refractivity contribution is 0.192. The zero-order chi connectivity index (χ0) is 7.40. The van der Waals surface area contributed by atoms with Gasteiger partial charge in [0.2, 0.25) is 6.86 Å². The van der Waals surface area contributed by atoms with Gasteiger partial charge in [-0.3, -0.25) is 0 Å². The van der Waals surface area contributed by atoms with Crippen LogP contribution in [0.2, 0.25) is 0 Å². The summed E-state index contributed by atoms with van der Waals surface area (Å²) in [6.07, 6.45) is 0. The third-order valence-electron chi connectivity index (χ3n) is 1.08. The van der Waals surface area contributed by atoms with Gasteiger partial charge in [0.1, 0.15) is 5.75 Å². The van der Waals surface area contributed by atoms with Crippen LogP contribution < -0.4 is 10.5 Å². The number of alkyl halides is 1. The van der Waals surface area contributed by atoms with Gasteiger partial charge in [0.25, 0.3) is 0 Å².